The minimum absolute atomic E-state index is 0.123. The molecule has 6 heteroatoms. The first-order valence-electron chi connectivity index (χ1n) is 7.89. The second kappa shape index (κ2) is 7.26. The van der Waals surface area contributed by atoms with E-state index >= 15 is 0 Å². The van der Waals surface area contributed by atoms with Crippen LogP contribution in [0.3, 0.4) is 0 Å². The molecule has 2 atom stereocenters. The van der Waals surface area contributed by atoms with Crippen molar-refractivity contribution in [3.63, 3.8) is 0 Å². The van der Waals surface area contributed by atoms with E-state index in [-0.39, 0.29) is 24.6 Å². The van der Waals surface area contributed by atoms with Gasteiger partial charge < -0.3 is 19.5 Å². The highest BCUT2D eigenvalue weighted by Crippen LogP contribution is 2.20. The molecule has 0 saturated carbocycles. The van der Waals surface area contributed by atoms with Crippen LogP contribution in [0.5, 0.6) is 5.75 Å². The SMILES string of the molecule is CCCn1c(CO)cc(=O)c(O)c1CN1CC(C)OC(C)C1. The van der Waals surface area contributed by atoms with Crippen molar-refractivity contribution in [3.05, 3.63) is 27.7 Å². The third kappa shape index (κ3) is 3.69. The maximum Gasteiger partial charge on any atom is 0.223 e. The van der Waals surface area contributed by atoms with Crippen molar-refractivity contribution >= 4 is 0 Å². The third-order valence-electron chi connectivity index (χ3n) is 3.95. The first kappa shape index (κ1) is 17.0. The zero-order valence-electron chi connectivity index (χ0n) is 13.6. The highest BCUT2D eigenvalue weighted by Gasteiger charge is 2.25. The molecule has 0 spiro atoms. The maximum atomic E-state index is 11.9. The highest BCUT2D eigenvalue weighted by molar-refractivity contribution is 5.30. The van der Waals surface area contributed by atoms with Crippen LogP contribution in [0.15, 0.2) is 10.9 Å². The van der Waals surface area contributed by atoms with Crippen LogP contribution in [0.1, 0.15) is 38.6 Å². The van der Waals surface area contributed by atoms with Crippen molar-refractivity contribution in [2.24, 2.45) is 0 Å². The molecular formula is C16H26N2O4. The Morgan fingerprint density at radius 3 is 2.50 bits per heavy atom. The van der Waals surface area contributed by atoms with Crippen LogP contribution in [0.2, 0.25) is 0 Å². The van der Waals surface area contributed by atoms with Gasteiger partial charge in [-0.25, -0.2) is 0 Å². The lowest BCUT2D eigenvalue weighted by molar-refractivity contribution is -0.0712. The van der Waals surface area contributed by atoms with E-state index in [1.807, 2.05) is 25.3 Å². The molecule has 2 rings (SSSR count). The monoisotopic (exact) mass is 310 g/mol. The average molecular weight is 310 g/mol. The molecule has 1 saturated heterocycles. The summed E-state index contributed by atoms with van der Waals surface area (Å²) in [5.41, 5.74) is 0.703. The highest BCUT2D eigenvalue weighted by atomic mass is 16.5. The van der Waals surface area contributed by atoms with E-state index in [0.717, 1.165) is 19.5 Å². The predicted octanol–water partition coefficient (Wildman–Crippen LogP) is 1.07. The lowest BCUT2D eigenvalue weighted by Gasteiger charge is -2.36. The number of ether oxygens (including phenoxy) is 1. The average Bonchev–Trinajstić information content (AvgIpc) is 2.45. The Labute approximate surface area is 130 Å². The van der Waals surface area contributed by atoms with Gasteiger partial charge in [-0.2, -0.15) is 0 Å². The van der Waals surface area contributed by atoms with Crippen LogP contribution in [-0.2, 0) is 24.4 Å². The smallest absolute Gasteiger partial charge is 0.223 e. The number of nitrogens with zero attached hydrogens (tertiary/aromatic N) is 2. The number of hydrogen-bond donors (Lipinski definition) is 2. The maximum absolute atomic E-state index is 11.9. The molecule has 0 radical (unpaired) electrons. The zero-order valence-corrected chi connectivity index (χ0v) is 13.6. The Kier molecular flexibility index (Phi) is 5.61. The Balaban J connectivity index is 2.35. The molecule has 1 aliphatic rings. The quantitative estimate of drug-likeness (QED) is 0.851. The molecule has 1 aromatic rings. The molecule has 6 nitrogen and oxygen atoms in total. The van der Waals surface area contributed by atoms with Crippen LogP contribution in [0.4, 0.5) is 0 Å². The molecule has 22 heavy (non-hydrogen) atoms. The van der Waals surface area contributed by atoms with Gasteiger partial charge in [-0.1, -0.05) is 6.92 Å². The van der Waals surface area contributed by atoms with E-state index < -0.39 is 5.43 Å². The van der Waals surface area contributed by atoms with Gasteiger partial charge in [0.25, 0.3) is 0 Å². The van der Waals surface area contributed by atoms with Gasteiger partial charge in [0.2, 0.25) is 5.43 Å². The van der Waals surface area contributed by atoms with Crippen molar-refractivity contribution in [1.82, 2.24) is 9.47 Å². The fourth-order valence-electron chi connectivity index (χ4n) is 3.16. The van der Waals surface area contributed by atoms with Crippen LogP contribution >= 0.6 is 0 Å². The molecule has 2 heterocycles. The van der Waals surface area contributed by atoms with Gasteiger partial charge in [0.05, 0.1) is 24.5 Å². The molecule has 2 N–H and O–H groups in total. The zero-order chi connectivity index (χ0) is 16.3. The molecule has 1 aromatic heterocycles. The Morgan fingerprint density at radius 1 is 1.32 bits per heavy atom. The molecule has 2 unspecified atom stereocenters. The molecular weight excluding hydrogens is 284 g/mol. The first-order valence-corrected chi connectivity index (χ1v) is 7.89. The topological polar surface area (TPSA) is 74.9 Å². The summed E-state index contributed by atoms with van der Waals surface area (Å²) in [6.45, 7) is 8.51. The summed E-state index contributed by atoms with van der Waals surface area (Å²) in [6, 6.07) is 1.32. The van der Waals surface area contributed by atoms with E-state index in [2.05, 4.69) is 4.90 Å². The lowest BCUT2D eigenvalue weighted by Crippen LogP contribution is -2.45. The van der Waals surface area contributed by atoms with E-state index in [0.29, 0.717) is 24.5 Å². The number of rotatable bonds is 5. The molecule has 1 fully saturated rings. The Bertz CT molecular complexity index is 560. The second-order valence-electron chi connectivity index (χ2n) is 6.06. The summed E-state index contributed by atoms with van der Waals surface area (Å²) in [5, 5.41) is 19.7. The van der Waals surface area contributed by atoms with E-state index in [9.17, 15) is 15.0 Å². The van der Waals surface area contributed by atoms with Gasteiger partial charge in [0.15, 0.2) is 5.75 Å². The molecule has 0 amide bonds. The molecule has 1 aliphatic heterocycles. The van der Waals surface area contributed by atoms with Gasteiger partial charge >= 0.3 is 0 Å². The van der Waals surface area contributed by atoms with Crippen molar-refractivity contribution in [2.75, 3.05) is 13.1 Å². The Hall–Kier alpha value is -1.37. The van der Waals surface area contributed by atoms with Crippen LogP contribution in [0, 0.1) is 0 Å². The summed E-state index contributed by atoms with van der Waals surface area (Å²) in [4.78, 5) is 14.1. The van der Waals surface area contributed by atoms with Gasteiger partial charge in [0, 0.05) is 37.9 Å². The number of hydrogen-bond acceptors (Lipinski definition) is 5. The summed E-state index contributed by atoms with van der Waals surface area (Å²) < 4.78 is 7.58. The van der Waals surface area contributed by atoms with Crippen LogP contribution in [-0.4, -0.2) is 45.0 Å². The molecule has 124 valence electrons. The normalized spacial score (nSPS) is 22.9. The van der Waals surface area contributed by atoms with Crippen molar-refractivity contribution in [1.29, 1.82) is 0 Å². The van der Waals surface area contributed by atoms with E-state index in [1.54, 1.807) is 0 Å². The summed E-state index contributed by atoms with van der Waals surface area (Å²) in [5.74, 6) is -0.211. The number of morpholine rings is 1. The first-order chi connectivity index (χ1) is 10.5. The summed E-state index contributed by atoms with van der Waals surface area (Å²) >= 11 is 0. The minimum atomic E-state index is -0.430. The number of aromatic nitrogens is 1. The second-order valence-corrected chi connectivity index (χ2v) is 6.06. The van der Waals surface area contributed by atoms with E-state index in [1.165, 1.54) is 6.07 Å². The van der Waals surface area contributed by atoms with Gasteiger partial charge in [-0.05, 0) is 20.3 Å². The number of pyridine rings is 1. The van der Waals surface area contributed by atoms with Crippen LogP contribution in [0.25, 0.3) is 0 Å². The number of aliphatic hydroxyl groups excluding tert-OH is 1. The van der Waals surface area contributed by atoms with Crippen molar-refractivity contribution in [2.45, 2.75) is 59.1 Å². The fraction of sp³-hybridized carbons (Fsp3) is 0.688. The number of aliphatic hydroxyl groups is 1. The molecule has 0 aromatic carbocycles. The molecule has 0 aliphatic carbocycles. The lowest BCUT2D eigenvalue weighted by atomic mass is 10.2. The summed E-state index contributed by atoms with van der Waals surface area (Å²) in [6.07, 6.45) is 1.11. The van der Waals surface area contributed by atoms with Crippen LogP contribution < -0.4 is 5.43 Å². The van der Waals surface area contributed by atoms with Crippen molar-refractivity contribution < 1.29 is 14.9 Å². The van der Waals surface area contributed by atoms with Gasteiger partial charge in [0.1, 0.15) is 0 Å². The third-order valence-corrected chi connectivity index (χ3v) is 3.95. The van der Waals surface area contributed by atoms with E-state index in [4.69, 9.17) is 4.74 Å². The van der Waals surface area contributed by atoms with Crippen molar-refractivity contribution in [3.8, 4) is 5.75 Å². The fourth-order valence-corrected chi connectivity index (χ4v) is 3.16. The standard InChI is InChI=1S/C16H26N2O4/c1-4-5-18-13(10-19)6-15(20)16(21)14(18)9-17-7-11(2)22-12(3)8-17/h6,11-12,19,21H,4-5,7-10H2,1-3H3. The largest absolute Gasteiger partial charge is 0.503 e. The van der Waals surface area contributed by atoms with Gasteiger partial charge in [-0.3, -0.25) is 9.69 Å². The molecule has 0 bridgehead atoms. The summed E-state index contributed by atoms with van der Waals surface area (Å²) in [7, 11) is 0. The minimum Gasteiger partial charge on any atom is -0.503 e. The Morgan fingerprint density at radius 2 is 1.95 bits per heavy atom. The predicted molar refractivity (Wildman–Crippen MR) is 83.9 cm³/mol. The van der Waals surface area contributed by atoms with Gasteiger partial charge in [-0.15, -0.1) is 0 Å². The number of aromatic hydroxyl groups is 1.